The molecule has 4 amide bonds. The molecule has 9 heteroatoms. The normalized spacial score (nSPS) is 15.4. The molecule has 0 radical (unpaired) electrons. The number of thiophene rings is 1. The monoisotopic (exact) mass is 491 g/mol. The molecule has 1 unspecified atom stereocenters. The van der Waals surface area contributed by atoms with Gasteiger partial charge < -0.3 is 15.0 Å². The molecular formula is C26H25N3O5S. The van der Waals surface area contributed by atoms with Crippen LogP contribution in [0.2, 0.25) is 0 Å². The van der Waals surface area contributed by atoms with E-state index in [2.05, 4.69) is 5.32 Å². The molecule has 1 aliphatic rings. The molecule has 1 fully saturated rings. The number of amides is 4. The Kier molecular flexibility index (Phi) is 7.26. The van der Waals surface area contributed by atoms with Gasteiger partial charge in [0.05, 0.1) is 30.8 Å². The zero-order valence-corrected chi connectivity index (χ0v) is 20.2. The highest BCUT2D eigenvalue weighted by Gasteiger charge is 2.46. The summed E-state index contributed by atoms with van der Waals surface area (Å²) in [5.41, 5.74) is 2.09. The van der Waals surface area contributed by atoms with Gasteiger partial charge in [0.15, 0.2) is 0 Å². The number of benzene rings is 2. The average molecular weight is 492 g/mol. The third-order valence-corrected chi connectivity index (χ3v) is 6.38. The number of nitrogens with one attached hydrogen (secondary N) is 1. The summed E-state index contributed by atoms with van der Waals surface area (Å²) in [4.78, 5) is 55.2. The van der Waals surface area contributed by atoms with E-state index in [1.165, 1.54) is 22.3 Å². The van der Waals surface area contributed by atoms with Crippen molar-refractivity contribution in [1.29, 1.82) is 0 Å². The number of aryl methyl sites for hydroxylation is 1. The van der Waals surface area contributed by atoms with Gasteiger partial charge in [0.1, 0.15) is 6.04 Å². The fourth-order valence-corrected chi connectivity index (χ4v) is 4.62. The van der Waals surface area contributed by atoms with Crippen molar-refractivity contribution in [2.45, 2.75) is 32.9 Å². The minimum atomic E-state index is -0.960. The zero-order chi connectivity index (χ0) is 24.9. The van der Waals surface area contributed by atoms with Crippen molar-refractivity contribution in [2.24, 2.45) is 0 Å². The highest BCUT2D eigenvalue weighted by molar-refractivity contribution is 7.09. The van der Waals surface area contributed by atoms with Gasteiger partial charge in [-0.1, -0.05) is 24.3 Å². The van der Waals surface area contributed by atoms with E-state index in [1.54, 1.807) is 43.3 Å². The molecule has 4 rings (SSSR count). The number of esters is 1. The molecule has 0 spiro atoms. The zero-order valence-electron chi connectivity index (χ0n) is 19.4. The van der Waals surface area contributed by atoms with Crippen LogP contribution < -0.4 is 10.2 Å². The van der Waals surface area contributed by atoms with E-state index in [0.29, 0.717) is 16.9 Å². The Hall–Kier alpha value is -3.98. The van der Waals surface area contributed by atoms with Gasteiger partial charge >= 0.3 is 12.0 Å². The molecule has 1 N–H and O–H groups in total. The summed E-state index contributed by atoms with van der Waals surface area (Å²) in [6, 6.07) is 15.9. The fraction of sp³-hybridized carbons (Fsp3) is 0.231. The van der Waals surface area contributed by atoms with Gasteiger partial charge in [0, 0.05) is 10.6 Å². The second kappa shape index (κ2) is 10.5. The van der Waals surface area contributed by atoms with E-state index < -0.39 is 29.9 Å². The van der Waals surface area contributed by atoms with Crippen molar-refractivity contribution in [1.82, 2.24) is 4.90 Å². The Bertz CT molecular complexity index is 1260. The van der Waals surface area contributed by atoms with Crippen LogP contribution in [0, 0.1) is 6.92 Å². The van der Waals surface area contributed by atoms with Gasteiger partial charge in [-0.15, -0.1) is 11.3 Å². The highest BCUT2D eigenvalue weighted by atomic mass is 32.1. The van der Waals surface area contributed by atoms with E-state index in [1.807, 2.05) is 30.5 Å². The average Bonchev–Trinajstić information content (AvgIpc) is 3.42. The van der Waals surface area contributed by atoms with Gasteiger partial charge in [-0.3, -0.25) is 9.59 Å². The van der Waals surface area contributed by atoms with Crippen molar-refractivity contribution in [3.05, 3.63) is 82.0 Å². The number of hydrogen-bond acceptors (Lipinski definition) is 6. The van der Waals surface area contributed by atoms with E-state index >= 15 is 0 Å². The van der Waals surface area contributed by atoms with Crippen LogP contribution in [0.25, 0.3) is 0 Å². The van der Waals surface area contributed by atoms with Gasteiger partial charge in [0.25, 0.3) is 5.91 Å². The molecule has 0 bridgehead atoms. The molecule has 2 heterocycles. The second-order valence-electron chi connectivity index (χ2n) is 8.07. The first-order chi connectivity index (χ1) is 16.9. The van der Waals surface area contributed by atoms with Crippen LogP contribution >= 0.6 is 11.3 Å². The minimum Gasteiger partial charge on any atom is -0.462 e. The number of nitrogens with zero attached hydrogens (tertiary/aromatic N) is 2. The lowest BCUT2D eigenvalue weighted by Crippen LogP contribution is -2.37. The van der Waals surface area contributed by atoms with Crippen LogP contribution in [-0.4, -0.2) is 41.4 Å². The number of imide groups is 1. The number of urea groups is 1. The number of anilines is 2. The molecule has 180 valence electrons. The van der Waals surface area contributed by atoms with Crippen LogP contribution in [0.4, 0.5) is 16.2 Å². The van der Waals surface area contributed by atoms with Crippen LogP contribution in [0.5, 0.6) is 0 Å². The molecular weight excluding hydrogens is 466 g/mol. The van der Waals surface area contributed by atoms with Crippen molar-refractivity contribution in [3.8, 4) is 0 Å². The lowest BCUT2D eigenvalue weighted by molar-refractivity contribution is -0.124. The Balaban J connectivity index is 1.55. The lowest BCUT2D eigenvalue weighted by Gasteiger charge is -2.21. The Morgan fingerprint density at radius 1 is 1.06 bits per heavy atom. The standard InChI is InChI=1S/C26H25N3O5S/c1-3-34-25(32)18-8-5-9-19(14-18)27-23(30)15-22-24(31)29(20-10-4-7-17(2)13-20)26(33)28(22)16-21-11-6-12-35-21/h4-14,22H,3,15-16H2,1-2H3,(H,27,30). The molecule has 8 nitrogen and oxygen atoms in total. The van der Waals surface area contributed by atoms with E-state index in [9.17, 15) is 19.2 Å². The smallest absolute Gasteiger partial charge is 0.338 e. The first-order valence-electron chi connectivity index (χ1n) is 11.2. The molecule has 35 heavy (non-hydrogen) atoms. The number of ether oxygens (including phenoxy) is 1. The maximum Gasteiger partial charge on any atom is 0.338 e. The minimum absolute atomic E-state index is 0.220. The Morgan fingerprint density at radius 3 is 2.57 bits per heavy atom. The Morgan fingerprint density at radius 2 is 1.86 bits per heavy atom. The first-order valence-corrected chi connectivity index (χ1v) is 12.1. The fourth-order valence-electron chi connectivity index (χ4n) is 3.91. The number of carbonyl (C=O) groups is 4. The summed E-state index contributed by atoms with van der Waals surface area (Å²) in [6.45, 7) is 4.06. The van der Waals surface area contributed by atoms with Crippen LogP contribution in [-0.2, 0) is 20.9 Å². The molecule has 1 aliphatic heterocycles. The molecule has 1 atom stereocenters. The molecule has 3 aromatic rings. The van der Waals surface area contributed by atoms with Crippen molar-refractivity contribution >= 4 is 46.5 Å². The van der Waals surface area contributed by atoms with Crippen LogP contribution in [0.1, 0.15) is 34.1 Å². The Labute approximate surface area is 207 Å². The molecule has 2 aromatic carbocycles. The topological polar surface area (TPSA) is 96.0 Å². The quantitative estimate of drug-likeness (QED) is 0.367. The van der Waals surface area contributed by atoms with Crippen LogP contribution in [0.15, 0.2) is 66.0 Å². The summed E-state index contributed by atoms with van der Waals surface area (Å²) in [5, 5.41) is 4.63. The van der Waals surface area contributed by atoms with E-state index in [0.717, 1.165) is 15.3 Å². The number of hydrogen-bond donors (Lipinski definition) is 1. The van der Waals surface area contributed by atoms with Gasteiger partial charge in [-0.25, -0.2) is 14.5 Å². The number of carbonyl (C=O) groups excluding carboxylic acids is 4. The maximum atomic E-state index is 13.4. The van der Waals surface area contributed by atoms with Crippen LogP contribution in [0.3, 0.4) is 0 Å². The largest absolute Gasteiger partial charge is 0.462 e. The summed E-state index contributed by atoms with van der Waals surface area (Å²) in [5.74, 6) is -1.39. The predicted octanol–water partition coefficient (Wildman–Crippen LogP) is 4.60. The van der Waals surface area contributed by atoms with E-state index in [4.69, 9.17) is 4.74 Å². The molecule has 1 saturated heterocycles. The summed E-state index contributed by atoms with van der Waals surface area (Å²) < 4.78 is 5.00. The van der Waals surface area contributed by atoms with Gasteiger partial charge in [0.2, 0.25) is 5.91 Å². The summed E-state index contributed by atoms with van der Waals surface area (Å²) >= 11 is 1.48. The van der Waals surface area contributed by atoms with E-state index in [-0.39, 0.29) is 19.6 Å². The van der Waals surface area contributed by atoms with Crippen molar-refractivity contribution in [2.75, 3.05) is 16.8 Å². The summed E-state index contributed by atoms with van der Waals surface area (Å²) in [7, 11) is 0. The third-order valence-electron chi connectivity index (χ3n) is 5.52. The SMILES string of the molecule is CCOC(=O)c1cccc(NC(=O)CC2C(=O)N(c3cccc(C)c3)C(=O)N2Cc2cccs2)c1. The third kappa shape index (κ3) is 5.41. The summed E-state index contributed by atoms with van der Waals surface area (Å²) in [6.07, 6.45) is -0.220. The highest BCUT2D eigenvalue weighted by Crippen LogP contribution is 2.30. The first kappa shape index (κ1) is 24.2. The van der Waals surface area contributed by atoms with Gasteiger partial charge in [-0.2, -0.15) is 0 Å². The molecule has 1 aromatic heterocycles. The molecule has 0 saturated carbocycles. The lowest BCUT2D eigenvalue weighted by atomic mass is 10.1. The van der Waals surface area contributed by atoms with Gasteiger partial charge in [-0.05, 0) is 61.2 Å². The molecule has 0 aliphatic carbocycles. The number of rotatable bonds is 8. The second-order valence-corrected chi connectivity index (χ2v) is 9.10. The maximum absolute atomic E-state index is 13.4. The van der Waals surface area contributed by atoms with Crippen molar-refractivity contribution < 1.29 is 23.9 Å². The van der Waals surface area contributed by atoms with Crippen molar-refractivity contribution in [3.63, 3.8) is 0 Å². The predicted molar refractivity (Wildman–Crippen MR) is 133 cm³/mol.